The van der Waals surface area contributed by atoms with E-state index >= 15 is 0 Å². The summed E-state index contributed by atoms with van der Waals surface area (Å²) in [7, 11) is -0.116. The third-order valence-corrected chi connectivity index (χ3v) is 6.06. The molecule has 1 fully saturated rings. The van der Waals surface area contributed by atoms with Crippen LogP contribution in [0, 0.1) is 6.92 Å². The van der Waals surface area contributed by atoms with Gasteiger partial charge in [0, 0.05) is 13.1 Å². The van der Waals surface area contributed by atoms with Gasteiger partial charge >= 0.3 is 5.97 Å². The molecule has 1 aromatic rings. The van der Waals surface area contributed by atoms with E-state index < -0.39 is 27.8 Å². The van der Waals surface area contributed by atoms with Crippen molar-refractivity contribution in [2.24, 2.45) is 0 Å². The van der Waals surface area contributed by atoms with Crippen molar-refractivity contribution in [2.75, 3.05) is 25.7 Å². The molecule has 1 amide bonds. The Kier molecular flexibility index (Phi) is 5.72. The van der Waals surface area contributed by atoms with Crippen LogP contribution in [-0.2, 0) is 19.4 Å². The van der Waals surface area contributed by atoms with Gasteiger partial charge in [-0.1, -0.05) is 11.6 Å². The summed E-state index contributed by atoms with van der Waals surface area (Å²) in [5, 5.41) is 0. The standard InChI is InChI=1S/C17H23NO6S/c1-11-5-6-15(23-4)14(9-11)17(20)24-12(2)16(19)18(3)13-7-8-25(21,22)10-13/h5-6,9,12-13H,7-8,10H2,1-4H3/t12-,13+/m0/s1. The average molecular weight is 369 g/mol. The molecule has 0 spiro atoms. The van der Waals surface area contributed by atoms with E-state index in [1.807, 2.05) is 6.92 Å². The summed E-state index contributed by atoms with van der Waals surface area (Å²) in [5.41, 5.74) is 1.10. The number of esters is 1. The van der Waals surface area contributed by atoms with Gasteiger partial charge < -0.3 is 14.4 Å². The van der Waals surface area contributed by atoms with E-state index in [2.05, 4.69) is 0 Å². The van der Waals surface area contributed by atoms with Crippen molar-refractivity contribution in [3.63, 3.8) is 0 Å². The highest BCUT2D eigenvalue weighted by atomic mass is 32.2. The van der Waals surface area contributed by atoms with Gasteiger partial charge in [0.25, 0.3) is 5.91 Å². The van der Waals surface area contributed by atoms with Crippen molar-refractivity contribution < 1.29 is 27.5 Å². The molecule has 0 unspecified atom stereocenters. The molecule has 1 saturated heterocycles. The first-order valence-electron chi connectivity index (χ1n) is 7.97. The molecule has 1 aromatic carbocycles. The van der Waals surface area contributed by atoms with Crippen molar-refractivity contribution in [1.29, 1.82) is 0 Å². The molecular formula is C17H23NO6S. The molecule has 7 nitrogen and oxygen atoms in total. The smallest absolute Gasteiger partial charge is 0.342 e. The van der Waals surface area contributed by atoms with E-state index in [1.54, 1.807) is 18.2 Å². The van der Waals surface area contributed by atoms with Gasteiger partial charge in [0.2, 0.25) is 0 Å². The second kappa shape index (κ2) is 7.43. The third-order valence-electron chi connectivity index (χ3n) is 4.31. The fourth-order valence-corrected chi connectivity index (χ4v) is 4.58. The van der Waals surface area contributed by atoms with Crippen LogP contribution in [0.1, 0.15) is 29.3 Å². The first-order chi connectivity index (χ1) is 11.6. The summed E-state index contributed by atoms with van der Waals surface area (Å²) in [6.07, 6.45) is -0.622. The minimum Gasteiger partial charge on any atom is -0.496 e. The van der Waals surface area contributed by atoms with Crippen LogP contribution in [0.5, 0.6) is 5.75 Å². The topological polar surface area (TPSA) is 90.0 Å². The minimum absolute atomic E-state index is 0.0540. The summed E-state index contributed by atoms with van der Waals surface area (Å²) in [5.74, 6) is -0.702. The number of carbonyl (C=O) groups is 2. The first kappa shape index (κ1) is 19.2. The van der Waals surface area contributed by atoms with Crippen molar-refractivity contribution in [3.8, 4) is 5.75 Å². The summed E-state index contributed by atoms with van der Waals surface area (Å²) in [6.45, 7) is 3.31. The number of nitrogens with zero attached hydrogens (tertiary/aromatic N) is 1. The monoisotopic (exact) mass is 369 g/mol. The molecule has 1 heterocycles. The van der Waals surface area contributed by atoms with Crippen LogP contribution >= 0.6 is 0 Å². The number of methoxy groups -OCH3 is 1. The largest absolute Gasteiger partial charge is 0.496 e. The molecule has 138 valence electrons. The van der Waals surface area contributed by atoms with Crippen LogP contribution in [0.2, 0.25) is 0 Å². The number of amides is 1. The average Bonchev–Trinajstić information content (AvgIpc) is 2.93. The lowest BCUT2D eigenvalue weighted by Crippen LogP contribution is -2.44. The van der Waals surface area contributed by atoms with Crippen molar-refractivity contribution >= 4 is 21.7 Å². The highest BCUT2D eigenvalue weighted by Gasteiger charge is 2.35. The molecule has 0 aromatic heterocycles. The SMILES string of the molecule is COc1ccc(C)cc1C(=O)O[C@@H](C)C(=O)N(C)[C@@H]1CCS(=O)(=O)C1. The summed E-state index contributed by atoms with van der Waals surface area (Å²) >= 11 is 0. The molecule has 2 rings (SSSR count). The zero-order chi connectivity index (χ0) is 18.8. The molecule has 2 atom stereocenters. The Morgan fingerprint density at radius 3 is 2.56 bits per heavy atom. The Labute approximate surface area is 147 Å². The van der Waals surface area contributed by atoms with Crippen LogP contribution in [0.4, 0.5) is 0 Å². The van der Waals surface area contributed by atoms with E-state index in [0.29, 0.717) is 12.2 Å². The second-order valence-electron chi connectivity index (χ2n) is 6.26. The molecule has 1 aliphatic heterocycles. The van der Waals surface area contributed by atoms with Gasteiger partial charge in [0.15, 0.2) is 15.9 Å². The van der Waals surface area contributed by atoms with Crippen LogP contribution < -0.4 is 4.74 Å². The van der Waals surface area contributed by atoms with Crippen molar-refractivity contribution in [2.45, 2.75) is 32.4 Å². The number of hydrogen-bond acceptors (Lipinski definition) is 6. The Hall–Kier alpha value is -2.09. The lowest BCUT2D eigenvalue weighted by Gasteiger charge is -2.26. The number of carbonyl (C=O) groups excluding carboxylic acids is 2. The highest BCUT2D eigenvalue weighted by Crippen LogP contribution is 2.22. The number of sulfone groups is 1. The minimum atomic E-state index is -3.10. The molecule has 25 heavy (non-hydrogen) atoms. The van der Waals surface area contributed by atoms with Crippen molar-refractivity contribution in [1.82, 2.24) is 4.90 Å². The highest BCUT2D eigenvalue weighted by molar-refractivity contribution is 7.91. The number of benzene rings is 1. The number of hydrogen-bond donors (Lipinski definition) is 0. The quantitative estimate of drug-likeness (QED) is 0.725. The summed E-state index contributed by atoms with van der Waals surface area (Å²) in [6, 6.07) is 4.71. The second-order valence-corrected chi connectivity index (χ2v) is 8.49. The lowest BCUT2D eigenvalue weighted by molar-refractivity contribution is -0.140. The van der Waals surface area contributed by atoms with Gasteiger partial charge in [0.1, 0.15) is 11.3 Å². The Morgan fingerprint density at radius 1 is 1.32 bits per heavy atom. The number of ether oxygens (including phenoxy) is 2. The van der Waals surface area contributed by atoms with E-state index in [1.165, 1.54) is 26.0 Å². The predicted molar refractivity (Wildman–Crippen MR) is 92.4 cm³/mol. The van der Waals surface area contributed by atoms with Crippen molar-refractivity contribution in [3.05, 3.63) is 29.3 Å². The normalized spacial score (nSPS) is 19.9. The van der Waals surface area contributed by atoms with Crippen LogP contribution in [0.25, 0.3) is 0 Å². The zero-order valence-corrected chi connectivity index (χ0v) is 15.6. The predicted octanol–water partition coefficient (Wildman–Crippen LogP) is 1.19. The number of aryl methyl sites for hydroxylation is 1. The molecular weight excluding hydrogens is 346 g/mol. The molecule has 0 bridgehead atoms. The van der Waals surface area contributed by atoms with Gasteiger partial charge in [-0.15, -0.1) is 0 Å². The van der Waals surface area contributed by atoms with Gasteiger partial charge in [0.05, 0.1) is 18.6 Å². The van der Waals surface area contributed by atoms with Crippen LogP contribution in [-0.4, -0.2) is 63.0 Å². The fraction of sp³-hybridized carbons (Fsp3) is 0.529. The van der Waals surface area contributed by atoms with E-state index in [9.17, 15) is 18.0 Å². The van der Waals surface area contributed by atoms with E-state index in [0.717, 1.165) is 5.56 Å². The summed E-state index contributed by atoms with van der Waals surface area (Å²) < 4.78 is 33.6. The lowest BCUT2D eigenvalue weighted by atomic mass is 10.1. The van der Waals surface area contributed by atoms with Gasteiger partial charge in [-0.3, -0.25) is 4.79 Å². The number of likely N-dealkylation sites (N-methyl/N-ethyl adjacent to an activating group) is 1. The maximum Gasteiger partial charge on any atom is 0.342 e. The first-order valence-corrected chi connectivity index (χ1v) is 9.79. The Balaban J connectivity index is 2.06. The molecule has 0 aliphatic carbocycles. The molecule has 0 radical (unpaired) electrons. The maximum atomic E-state index is 12.5. The maximum absolute atomic E-state index is 12.5. The Bertz CT molecular complexity index is 773. The number of rotatable bonds is 5. The molecule has 1 aliphatic rings. The fourth-order valence-electron chi connectivity index (χ4n) is 2.80. The van der Waals surface area contributed by atoms with Crippen LogP contribution in [0.15, 0.2) is 18.2 Å². The van der Waals surface area contributed by atoms with E-state index in [-0.39, 0.29) is 23.1 Å². The third kappa shape index (κ3) is 4.50. The van der Waals surface area contributed by atoms with Gasteiger partial charge in [-0.05, 0) is 32.4 Å². The Morgan fingerprint density at radius 2 is 2.00 bits per heavy atom. The zero-order valence-electron chi connectivity index (χ0n) is 14.8. The molecule has 8 heteroatoms. The molecule has 0 N–H and O–H groups in total. The van der Waals surface area contributed by atoms with Gasteiger partial charge in [-0.2, -0.15) is 0 Å². The summed E-state index contributed by atoms with van der Waals surface area (Å²) in [4.78, 5) is 26.2. The van der Waals surface area contributed by atoms with E-state index in [4.69, 9.17) is 9.47 Å². The van der Waals surface area contributed by atoms with Crippen LogP contribution in [0.3, 0.4) is 0 Å². The van der Waals surface area contributed by atoms with Gasteiger partial charge in [-0.25, -0.2) is 13.2 Å². The molecule has 0 saturated carbocycles.